The zero-order valence-electron chi connectivity index (χ0n) is 10.7. The fraction of sp³-hybridized carbons (Fsp3) is 0.286. The highest BCUT2D eigenvalue weighted by atomic mass is 79.9. The van der Waals surface area contributed by atoms with Gasteiger partial charge in [-0.05, 0) is 53.5 Å². The van der Waals surface area contributed by atoms with Crippen molar-refractivity contribution in [1.82, 2.24) is 0 Å². The number of benzene rings is 1. The van der Waals surface area contributed by atoms with Crippen molar-refractivity contribution >= 4 is 33.0 Å². The highest BCUT2D eigenvalue weighted by molar-refractivity contribution is 9.10. The number of nitrogens with one attached hydrogen (secondary N) is 1. The van der Waals surface area contributed by atoms with Crippen LogP contribution in [0.5, 0.6) is 5.75 Å². The normalized spacial score (nSPS) is 10.4. The van der Waals surface area contributed by atoms with Gasteiger partial charge in [-0.3, -0.25) is 0 Å². The summed E-state index contributed by atoms with van der Waals surface area (Å²) in [6.45, 7) is 5.01. The molecular weight excluding hydrogens is 310 g/mol. The van der Waals surface area contributed by atoms with Crippen LogP contribution in [-0.4, -0.2) is 7.11 Å². The zero-order valence-corrected chi connectivity index (χ0v) is 13.1. The molecule has 1 aromatic heterocycles. The van der Waals surface area contributed by atoms with Crippen molar-refractivity contribution in [3.63, 3.8) is 0 Å². The van der Waals surface area contributed by atoms with E-state index in [0.29, 0.717) is 0 Å². The highest BCUT2D eigenvalue weighted by Gasteiger charge is 2.05. The number of halogens is 1. The standard InChI is InChI=1S/C14H16BrNOS/c1-9-4-5-14(17-3)13(6-9)16-8-11-7-12(15)10(2)18-11/h4-7,16H,8H2,1-3H3. The van der Waals surface area contributed by atoms with Crippen molar-refractivity contribution < 1.29 is 4.74 Å². The van der Waals surface area contributed by atoms with Gasteiger partial charge >= 0.3 is 0 Å². The Kier molecular flexibility index (Phi) is 4.30. The average molecular weight is 326 g/mol. The first-order chi connectivity index (χ1) is 8.60. The molecule has 4 heteroatoms. The largest absolute Gasteiger partial charge is 0.495 e. The summed E-state index contributed by atoms with van der Waals surface area (Å²) >= 11 is 5.34. The summed E-state index contributed by atoms with van der Waals surface area (Å²) in [6.07, 6.45) is 0. The molecule has 0 aliphatic carbocycles. The van der Waals surface area contributed by atoms with Crippen molar-refractivity contribution in [2.24, 2.45) is 0 Å². The summed E-state index contributed by atoms with van der Waals surface area (Å²) in [5.41, 5.74) is 2.27. The van der Waals surface area contributed by atoms with E-state index in [2.05, 4.69) is 53.3 Å². The predicted molar refractivity (Wildman–Crippen MR) is 81.8 cm³/mol. The number of thiophene rings is 1. The van der Waals surface area contributed by atoms with E-state index in [4.69, 9.17) is 4.74 Å². The Morgan fingerprint density at radius 3 is 2.67 bits per heavy atom. The van der Waals surface area contributed by atoms with Crippen LogP contribution in [0.3, 0.4) is 0 Å². The third kappa shape index (κ3) is 3.06. The van der Waals surface area contributed by atoms with E-state index in [1.807, 2.05) is 6.07 Å². The molecule has 2 aromatic rings. The van der Waals surface area contributed by atoms with Gasteiger partial charge in [-0.1, -0.05) is 6.07 Å². The molecule has 0 atom stereocenters. The molecular formula is C14H16BrNOS. The van der Waals surface area contributed by atoms with Gasteiger partial charge in [0.25, 0.3) is 0 Å². The second kappa shape index (κ2) is 5.76. The predicted octanol–water partition coefficient (Wildman–Crippen LogP) is 4.75. The average Bonchev–Trinajstić information content (AvgIpc) is 2.66. The molecule has 0 spiro atoms. The van der Waals surface area contributed by atoms with Crippen LogP contribution in [0.4, 0.5) is 5.69 Å². The maximum atomic E-state index is 5.35. The third-order valence-corrected chi connectivity index (χ3v) is 4.85. The Balaban J connectivity index is 2.12. The van der Waals surface area contributed by atoms with E-state index in [9.17, 15) is 0 Å². The van der Waals surface area contributed by atoms with Gasteiger partial charge in [0.05, 0.1) is 12.8 Å². The lowest BCUT2D eigenvalue weighted by Crippen LogP contribution is -2.00. The maximum Gasteiger partial charge on any atom is 0.141 e. The van der Waals surface area contributed by atoms with E-state index in [0.717, 1.165) is 18.0 Å². The first-order valence-corrected chi connectivity index (χ1v) is 7.34. The van der Waals surface area contributed by atoms with Gasteiger partial charge in [-0.25, -0.2) is 0 Å². The monoisotopic (exact) mass is 325 g/mol. The zero-order chi connectivity index (χ0) is 13.1. The topological polar surface area (TPSA) is 21.3 Å². The first-order valence-electron chi connectivity index (χ1n) is 5.73. The van der Waals surface area contributed by atoms with E-state index in [1.165, 1.54) is 19.8 Å². The SMILES string of the molecule is COc1ccc(C)cc1NCc1cc(Br)c(C)s1. The molecule has 2 rings (SSSR count). The van der Waals surface area contributed by atoms with Crippen molar-refractivity contribution in [3.8, 4) is 5.75 Å². The van der Waals surface area contributed by atoms with Crippen molar-refractivity contribution in [3.05, 3.63) is 44.1 Å². The molecule has 2 nitrogen and oxygen atoms in total. The van der Waals surface area contributed by atoms with E-state index in [-0.39, 0.29) is 0 Å². The minimum Gasteiger partial charge on any atom is -0.495 e. The second-order valence-corrected chi connectivity index (χ2v) is 6.37. The molecule has 0 saturated heterocycles. The fourth-order valence-corrected chi connectivity index (χ4v) is 3.29. The summed E-state index contributed by atoms with van der Waals surface area (Å²) in [6, 6.07) is 8.31. The fourth-order valence-electron chi connectivity index (χ4n) is 1.75. The summed E-state index contributed by atoms with van der Waals surface area (Å²) in [7, 11) is 1.70. The lowest BCUT2D eigenvalue weighted by molar-refractivity contribution is 0.416. The van der Waals surface area contributed by atoms with Crippen LogP contribution >= 0.6 is 27.3 Å². The van der Waals surface area contributed by atoms with Gasteiger partial charge in [0.2, 0.25) is 0 Å². The van der Waals surface area contributed by atoms with Crippen LogP contribution in [0.2, 0.25) is 0 Å². The van der Waals surface area contributed by atoms with Crippen molar-refractivity contribution in [1.29, 1.82) is 0 Å². The molecule has 0 amide bonds. The minimum absolute atomic E-state index is 0.816. The van der Waals surface area contributed by atoms with Gasteiger partial charge in [0.15, 0.2) is 0 Å². The Morgan fingerprint density at radius 2 is 2.06 bits per heavy atom. The van der Waals surface area contributed by atoms with Gasteiger partial charge in [0, 0.05) is 20.8 Å². The van der Waals surface area contributed by atoms with Gasteiger partial charge in [0.1, 0.15) is 5.75 Å². The molecule has 1 aromatic carbocycles. The van der Waals surface area contributed by atoms with Gasteiger partial charge in [-0.15, -0.1) is 11.3 Å². The summed E-state index contributed by atoms with van der Waals surface area (Å²) < 4.78 is 6.53. The molecule has 1 heterocycles. The molecule has 18 heavy (non-hydrogen) atoms. The van der Waals surface area contributed by atoms with E-state index in [1.54, 1.807) is 18.4 Å². The molecule has 0 bridgehead atoms. The van der Waals surface area contributed by atoms with Crippen LogP contribution in [0.1, 0.15) is 15.3 Å². The third-order valence-electron chi connectivity index (χ3n) is 2.72. The highest BCUT2D eigenvalue weighted by Crippen LogP contribution is 2.29. The molecule has 0 aliphatic heterocycles. The summed E-state index contributed by atoms with van der Waals surface area (Å²) in [5, 5.41) is 3.43. The second-order valence-electron chi connectivity index (χ2n) is 4.17. The molecule has 0 unspecified atom stereocenters. The van der Waals surface area contributed by atoms with Crippen LogP contribution in [0, 0.1) is 13.8 Å². The van der Waals surface area contributed by atoms with Crippen LogP contribution < -0.4 is 10.1 Å². The lowest BCUT2D eigenvalue weighted by Gasteiger charge is -2.11. The van der Waals surface area contributed by atoms with Gasteiger partial charge in [-0.2, -0.15) is 0 Å². The molecule has 0 aliphatic rings. The molecule has 1 N–H and O–H groups in total. The Morgan fingerprint density at radius 1 is 1.28 bits per heavy atom. The minimum atomic E-state index is 0.816. The van der Waals surface area contributed by atoms with Crippen molar-refractivity contribution in [2.45, 2.75) is 20.4 Å². The molecule has 0 fully saturated rings. The lowest BCUT2D eigenvalue weighted by atomic mass is 10.2. The Labute approximate surface area is 120 Å². The number of ether oxygens (including phenoxy) is 1. The van der Waals surface area contributed by atoms with Crippen LogP contribution in [-0.2, 0) is 6.54 Å². The Hall–Kier alpha value is -1.000. The molecule has 0 saturated carbocycles. The number of aryl methyl sites for hydroxylation is 2. The number of anilines is 1. The van der Waals surface area contributed by atoms with Crippen molar-refractivity contribution in [2.75, 3.05) is 12.4 Å². The quantitative estimate of drug-likeness (QED) is 0.875. The van der Waals surface area contributed by atoms with Gasteiger partial charge < -0.3 is 10.1 Å². The Bertz CT molecular complexity index is 531. The number of hydrogen-bond donors (Lipinski definition) is 1. The maximum absolute atomic E-state index is 5.35. The van der Waals surface area contributed by atoms with Crippen LogP contribution in [0.25, 0.3) is 0 Å². The first kappa shape index (κ1) is 13.4. The summed E-state index contributed by atoms with van der Waals surface area (Å²) in [5.74, 6) is 0.882. The molecule has 0 radical (unpaired) electrons. The smallest absolute Gasteiger partial charge is 0.141 e. The van der Waals surface area contributed by atoms with E-state index >= 15 is 0 Å². The number of hydrogen-bond acceptors (Lipinski definition) is 3. The molecule has 96 valence electrons. The van der Waals surface area contributed by atoms with E-state index < -0.39 is 0 Å². The summed E-state index contributed by atoms with van der Waals surface area (Å²) in [4.78, 5) is 2.62. The number of methoxy groups -OCH3 is 1. The number of rotatable bonds is 4. The van der Waals surface area contributed by atoms with Crippen LogP contribution in [0.15, 0.2) is 28.7 Å².